The molecule has 34 heavy (non-hydrogen) atoms. The first-order valence-electron chi connectivity index (χ1n) is 11.9. The summed E-state index contributed by atoms with van der Waals surface area (Å²) in [5.41, 5.74) is -0.778. The fourth-order valence-electron chi connectivity index (χ4n) is 4.60. The maximum Gasteiger partial charge on any atom is 0.227 e. The topological polar surface area (TPSA) is 103 Å². The van der Waals surface area contributed by atoms with Crippen molar-refractivity contribution in [3.63, 3.8) is 0 Å². The van der Waals surface area contributed by atoms with Crippen molar-refractivity contribution in [3.8, 4) is 0 Å². The van der Waals surface area contributed by atoms with Crippen molar-refractivity contribution in [1.82, 2.24) is 25.1 Å². The highest BCUT2D eigenvalue weighted by Crippen LogP contribution is 2.34. The van der Waals surface area contributed by atoms with Gasteiger partial charge in [0.15, 0.2) is 11.5 Å². The van der Waals surface area contributed by atoms with Gasteiger partial charge in [-0.25, -0.2) is 14.4 Å². The Morgan fingerprint density at radius 2 is 1.97 bits per heavy atom. The summed E-state index contributed by atoms with van der Waals surface area (Å²) in [5, 5.41) is 24.3. The molecule has 0 radical (unpaired) electrons. The number of aliphatic hydroxyl groups excluding tert-OH is 1. The zero-order valence-corrected chi connectivity index (χ0v) is 20.0. The molecule has 180 valence electrons. The Labute approximate surface area is 198 Å². The molecule has 2 saturated heterocycles. The molecule has 2 aliphatic rings. The van der Waals surface area contributed by atoms with E-state index < -0.39 is 11.8 Å². The molecule has 10 heteroatoms. The Bertz CT molecular complexity index is 1200. The summed E-state index contributed by atoms with van der Waals surface area (Å²) in [6.07, 6.45) is 3.99. The lowest BCUT2D eigenvalue weighted by Crippen LogP contribution is -2.52. The van der Waals surface area contributed by atoms with Crippen LogP contribution in [0.1, 0.15) is 52.1 Å². The third-order valence-electron chi connectivity index (χ3n) is 6.86. The molecule has 0 amide bonds. The minimum absolute atomic E-state index is 0.0416. The first kappa shape index (κ1) is 22.6. The summed E-state index contributed by atoms with van der Waals surface area (Å²) in [6, 6.07) is 4.19. The molecule has 5 heterocycles. The van der Waals surface area contributed by atoms with Crippen LogP contribution in [0.3, 0.4) is 0 Å². The van der Waals surface area contributed by atoms with Crippen molar-refractivity contribution in [1.29, 1.82) is 0 Å². The highest BCUT2D eigenvalue weighted by atomic mass is 19.1. The second-order valence-corrected chi connectivity index (χ2v) is 9.88. The maximum absolute atomic E-state index is 14.7. The quantitative estimate of drug-likeness (QED) is 0.584. The Morgan fingerprint density at radius 1 is 1.15 bits per heavy atom. The number of pyridine rings is 1. The summed E-state index contributed by atoms with van der Waals surface area (Å²) in [4.78, 5) is 17.6. The van der Waals surface area contributed by atoms with E-state index in [0.29, 0.717) is 36.6 Å². The molecule has 5 rings (SSSR count). The predicted molar refractivity (Wildman–Crippen MR) is 131 cm³/mol. The van der Waals surface area contributed by atoms with Gasteiger partial charge in [-0.3, -0.25) is 0 Å². The van der Waals surface area contributed by atoms with E-state index >= 15 is 0 Å². The average molecular weight is 467 g/mol. The number of nitrogens with zero attached hydrogens (tertiary/aromatic N) is 7. The molecule has 2 N–H and O–H groups in total. The van der Waals surface area contributed by atoms with Gasteiger partial charge in [0.1, 0.15) is 11.6 Å². The second kappa shape index (κ2) is 8.57. The molecule has 9 nitrogen and oxygen atoms in total. The largest absolute Gasteiger partial charge is 0.390 e. The van der Waals surface area contributed by atoms with Gasteiger partial charge in [0.05, 0.1) is 18.3 Å². The van der Waals surface area contributed by atoms with Crippen LogP contribution < -0.4 is 15.1 Å². The molecule has 0 unspecified atom stereocenters. The number of nitrogens with one attached hydrogen (secondary N) is 1. The van der Waals surface area contributed by atoms with E-state index in [-0.39, 0.29) is 12.5 Å². The second-order valence-electron chi connectivity index (χ2n) is 9.88. The monoisotopic (exact) mass is 466 g/mol. The number of hydrogen-bond acceptors (Lipinski definition) is 9. The van der Waals surface area contributed by atoms with Crippen molar-refractivity contribution in [2.45, 2.75) is 64.3 Å². The predicted octanol–water partition coefficient (Wildman–Crippen LogP) is 3.58. The SMILES string of the molecule is CC(C)c1nnc(N2CC[C@H]2C)c2cnc(Nc3ccnc(N4CC[C@@H](O)[C@@](C)(F)C4)n3)cc12. The molecule has 0 spiro atoms. The number of hydrogen-bond donors (Lipinski definition) is 2. The van der Waals surface area contributed by atoms with E-state index in [1.54, 1.807) is 17.2 Å². The van der Waals surface area contributed by atoms with Gasteiger partial charge in [-0.2, -0.15) is 10.1 Å². The molecule has 2 fully saturated rings. The minimum atomic E-state index is -1.70. The number of anilines is 4. The van der Waals surface area contributed by atoms with Crippen LogP contribution in [0.5, 0.6) is 0 Å². The molecule has 3 atom stereocenters. The first-order chi connectivity index (χ1) is 16.2. The van der Waals surface area contributed by atoms with Gasteiger partial charge in [0, 0.05) is 42.3 Å². The number of alkyl halides is 1. The molecule has 0 bridgehead atoms. The van der Waals surface area contributed by atoms with Crippen LogP contribution in [0.2, 0.25) is 0 Å². The molecule has 2 aliphatic heterocycles. The van der Waals surface area contributed by atoms with Crippen LogP contribution in [0.4, 0.5) is 27.8 Å². The highest BCUT2D eigenvalue weighted by molar-refractivity contribution is 5.95. The van der Waals surface area contributed by atoms with Crippen LogP contribution in [0.15, 0.2) is 24.5 Å². The van der Waals surface area contributed by atoms with E-state index in [1.165, 1.54) is 6.92 Å². The third kappa shape index (κ3) is 4.11. The van der Waals surface area contributed by atoms with Crippen LogP contribution >= 0.6 is 0 Å². The first-order valence-corrected chi connectivity index (χ1v) is 11.9. The lowest BCUT2D eigenvalue weighted by Gasteiger charge is -2.40. The van der Waals surface area contributed by atoms with Gasteiger partial charge in [0.2, 0.25) is 5.95 Å². The van der Waals surface area contributed by atoms with Crippen LogP contribution in [0, 0.1) is 0 Å². The molecule has 0 saturated carbocycles. The smallest absolute Gasteiger partial charge is 0.227 e. The van der Waals surface area contributed by atoms with Gasteiger partial charge in [0.25, 0.3) is 0 Å². The number of rotatable bonds is 5. The Balaban J connectivity index is 1.44. The maximum atomic E-state index is 14.7. The Hall–Kier alpha value is -3.14. The molecule has 0 aliphatic carbocycles. The van der Waals surface area contributed by atoms with Crippen molar-refractivity contribution in [2.24, 2.45) is 0 Å². The van der Waals surface area contributed by atoms with Gasteiger partial charge in [-0.1, -0.05) is 13.8 Å². The lowest BCUT2D eigenvalue weighted by atomic mass is 9.94. The van der Waals surface area contributed by atoms with E-state index in [9.17, 15) is 9.50 Å². The highest BCUT2D eigenvalue weighted by Gasteiger charge is 2.39. The van der Waals surface area contributed by atoms with Gasteiger partial charge in [-0.15, -0.1) is 5.10 Å². The van der Waals surface area contributed by atoms with E-state index in [1.807, 2.05) is 12.3 Å². The molecular weight excluding hydrogens is 435 g/mol. The van der Waals surface area contributed by atoms with Crippen LogP contribution in [-0.2, 0) is 0 Å². The normalized spacial score (nSPS) is 25.0. The van der Waals surface area contributed by atoms with E-state index in [0.717, 1.165) is 35.2 Å². The van der Waals surface area contributed by atoms with Crippen molar-refractivity contribution in [3.05, 3.63) is 30.2 Å². The average Bonchev–Trinajstić information content (AvgIpc) is 2.79. The van der Waals surface area contributed by atoms with Crippen molar-refractivity contribution in [2.75, 3.05) is 34.8 Å². The fourth-order valence-corrected chi connectivity index (χ4v) is 4.60. The Kier molecular flexibility index (Phi) is 5.71. The lowest BCUT2D eigenvalue weighted by molar-refractivity contribution is -0.00860. The zero-order valence-electron chi connectivity index (χ0n) is 20.0. The van der Waals surface area contributed by atoms with E-state index in [2.05, 4.69) is 56.1 Å². The number of halogens is 1. The van der Waals surface area contributed by atoms with Gasteiger partial charge < -0.3 is 20.2 Å². The summed E-state index contributed by atoms with van der Waals surface area (Å²) in [6.45, 7) is 9.32. The van der Waals surface area contributed by atoms with Crippen molar-refractivity contribution < 1.29 is 9.50 Å². The van der Waals surface area contributed by atoms with Gasteiger partial charge in [-0.05, 0) is 44.7 Å². The van der Waals surface area contributed by atoms with Crippen LogP contribution in [-0.4, -0.2) is 67.7 Å². The number of aromatic nitrogens is 5. The third-order valence-corrected chi connectivity index (χ3v) is 6.86. The zero-order chi connectivity index (χ0) is 24.0. The summed E-state index contributed by atoms with van der Waals surface area (Å²) in [5.74, 6) is 2.71. The van der Waals surface area contributed by atoms with E-state index in [4.69, 9.17) is 0 Å². The Morgan fingerprint density at radius 3 is 2.65 bits per heavy atom. The molecule has 3 aromatic heterocycles. The summed E-state index contributed by atoms with van der Waals surface area (Å²) in [7, 11) is 0. The summed E-state index contributed by atoms with van der Waals surface area (Å²) >= 11 is 0. The minimum Gasteiger partial charge on any atom is -0.390 e. The van der Waals surface area contributed by atoms with Gasteiger partial charge >= 0.3 is 0 Å². The number of fused-ring (bicyclic) bond motifs is 1. The molecule has 0 aromatic carbocycles. The number of piperidine rings is 1. The molecule has 3 aromatic rings. The van der Waals surface area contributed by atoms with Crippen molar-refractivity contribution >= 4 is 34.2 Å². The summed E-state index contributed by atoms with van der Waals surface area (Å²) < 4.78 is 14.7. The molecular formula is C24H31FN8O. The fraction of sp³-hybridized carbons (Fsp3) is 0.542. The number of aliphatic hydroxyl groups is 1. The standard InChI is InChI=1S/C24H31FN8O/c1-14(2)21-16-11-20(27-12-17(16)22(31-30-21)33-10-6-15(33)3)28-19-5-8-26-23(29-19)32-9-7-18(34)24(4,25)13-32/h5,8,11-12,14-15,18,34H,6-7,9-10,13H2,1-4H3,(H,26,27,28,29)/t15-,18-,24+/m1/s1. The van der Waals surface area contributed by atoms with Crippen LogP contribution in [0.25, 0.3) is 10.8 Å².